The second kappa shape index (κ2) is 4.22. The van der Waals surface area contributed by atoms with Crippen molar-refractivity contribution in [3.63, 3.8) is 0 Å². The molecule has 0 bridgehead atoms. The fourth-order valence-corrected chi connectivity index (χ4v) is 1.78. The molecule has 0 amide bonds. The molecule has 74 valence electrons. The predicted octanol–water partition coefficient (Wildman–Crippen LogP) is 1.88. The third kappa shape index (κ3) is 1.92. The average molecular weight is 190 g/mol. The number of aromatic nitrogens is 1. The van der Waals surface area contributed by atoms with Crippen LogP contribution in [0, 0.1) is 0 Å². The number of hydrogen-bond donors (Lipinski definition) is 0. The van der Waals surface area contributed by atoms with Gasteiger partial charge in [-0.3, -0.25) is 4.79 Å². The highest BCUT2D eigenvalue weighted by Crippen LogP contribution is 2.16. The largest absolute Gasteiger partial charge is 0.357 e. The van der Waals surface area contributed by atoms with Crippen LogP contribution >= 0.6 is 0 Å². The van der Waals surface area contributed by atoms with Crippen LogP contribution in [0.4, 0.5) is 5.82 Å². The van der Waals surface area contributed by atoms with E-state index in [0.29, 0.717) is 5.56 Å². The van der Waals surface area contributed by atoms with Crippen molar-refractivity contribution >= 4 is 12.1 Å². The lowest BCUT2D eigenvalue weighted by molar-refractivity contribution is 0.112. The molecular formula is C11H14N2O. The number of hydrogen-bond acceptors (Lipinski definition) is 3. The van der Waals surface area contributed by atoms with Crippen molar-refractivity contribution in [1.29, 1.82) is 0 Å². The molecule has 1 saturated heterocycles. The molecule has 1 aromatic rings. The van der Waals surface area contributed by atoms with Gasteiger partial charge in [-0.1, -0.05) is 0 Å². The maximum Gasteiger partial charge on any atom is 0.151 e. The Kier molecular flexibility index (Phi) is 2.77. The van der Waals surface area contributed by atoms with Crippen LogP contribution in [0.2, 0.25) is 0 Å². The molecule has 1 aliphatic rings. The van der Waals surface area contributed by atoms with E-state index in [1.165, 1.54) is 19.3 Å². The fourth-order valence-electron chi connectivity index (χ4n) is 1.78. The first-order valence-corrected chi connectivity index (χ1v) is 5.06. The maximum atomic E-state index is 10.4. The lowest BCUT2D eigenvalue weighted by Crippen LogP contribution is -2.30. The summed E-state index contributed by atoms with van der Waals surface area (Å²) in [5.74, 6) is 0.996. The number of nitrogens with zero attached hydrogens (tertiary/aromatic N) is 2. The Balaban J connectivity index is 2.11. The maximum absolute atomic E-state index is 10.4. The molecular weight excluding hydrogens is 176 g/mol. The number of rotatable bonds is 2. The standard InChI is InChI=1S/C11H14N2O/c14-9-10-4-5-11(12-8-10)13-6-2-1-3-7-13/h4-5,8-9H,1-3,6-7H2. The van der Waals surface area contributed by atoms with Crippen LogP contribution in [0.3, 0.4) is 0 Å². The van der Waals surface area contributed by atoms with E-state index in [1.807, 2.05) is 12.1 Å². The summed E-state index contributed by atoms with van der Waals surface area (Å²) in [4.78, 5) is 17.0. The highest BCUT2D eigenvalue weighted by atomic mass is 16.1. The number of carbonyl (C=O) groups excluding carboxylic acids is 1. The molecule has 0 radical (unpaired) electrons. The lowest BCUT2D eigenvalue weighted by atomic mass is 10.1. The molecule has 1 fully saturated rings. The Hall–Kier alpha value is -1.38. The van der Waals surface area contributed by atoms with E-state index in [9.17, 15) is 4.79 Å². The minimum absolute atomic E-state index is 0.644. The first kappa shape index (κ1) is 9.19. The summed E-state index contributed by atoms with van der Waals surface area (Å²) in [5.41, 5.74) is 0.644. The Morgan fingerprint density at radius 1 is 1.21 bits per heavy atom. The van der Waals surface area contributed by atoms with E-state index in [4.69, 9.17) is 0 Å². The van der Waals surface area contributed by atoms with Gasteiger partial charge in [-0.2, -0.15) is 0 Å². The van der Waals surface area contributed by atoms with Gasteiger partial charge >= 0.3 is 0 Å². The van der Waals surface area contributed by atoms with Crippen LogP contribution in [0.15, 0.2) is 18.3 Å². The van der Waals surface area contributed by atoms with Gasteiger partial charge in [0.2, 0.25) is 0 Å². The van der Waals surface area contributed by atoms with Gasteiger partial charge in [-0.25, -0.2) is 4.98 Å². The molecule has 1 aromatic heterocycles. The monoisotopic (exact) mass is 190 g/mol. The van der Waals surface area contributed by atoms with Crippen molar-refractivity contribution in [1.82, 2.24) is 4.98 Å². The molecule has 14 heavy (non-hydrogen) atoms. The van der Waals surface area contributed by atoms with Gasteiger partial charge in [0.15, 0.2) is 6.29 Å². The average Bonchev–Trinajstić information content (AvgIpc) is 2.30. The molecule has 1 aliphatic heterocycles. The number of carbonyl (C=O) groups is 1. The van der Waals surface area contributed by atoms with Crippen molar-refractivity contribution in [3.8, 4) is 0 Å². The Morgan fingerprint density at radius 3 is 2.57 bits per heavy atom. The SMILES string of the molecule is O=Cc1ccc(N2CCCCC2)nc1. The van der Waals surface area contributed by atoms with Crippen LogP contribution in [0.1, 0.15) is 29.6 Å². The summed E-state index contributed by atoms with van der Waals surface area (Å²) < 4.78 is 0. The quantitative estimate of drug-likeness (QED) is 0.668. The lowest BCUT2D eigenvalue weighted by Gasteiger charge is -2.27. The highest BCUT2D eigenvalue weighted by Gasteiger charge is 2.11. The smallest absolute Gasteiger partial charge is 0.151 e. The zero-order chi connectivity index (χ0) is 9.80. The molecule has 2 heterocycles. The minimum Gasteiger partial charge on any atom is -0.357 e. The number of aldehydes is 1. The second-order valence-electron chi connectivity index (χ2n) is 3.62. The van der Waals surface area contributed by atoms with Crippen LogP contribution in [-0.4, -0.2) is 24.4 Å². The normalized spacial score (nSPS) is 16.7. The summed E-state index contributed by atoms with van der Waals surface area (Å²) in [6.07, 6.45) is 6.28. The topological polar surface area (TPSA) is 33.2 Å². The Bertz CT molecular complexity index is 302. The van der Waals surface area contributed by atoms with Crippen molar-refractivity contribution in [3.05, 3.63) is 23.9 Å². The molecule has 0 N–H and O–H groups in total. The molecule has 3 nitrogen and oxygen atoms in total. The van der Waals surface area contributed by atoms with Gasteiger partial charge in [0, 0.05) is 24.8 Å². The van der Waals surface area contributed by atoms with Crippen molar-refractivity contribution < 1.29 is 4.79 Å². The van der Waals surface area contributed by atoms with Crippen molar-refractivity contribution in [2.75, 3.05) is 18.0 Å². The van der Waals surface area contributed by atoms with Crippen LogP contribution in [0.25, 0.3) is 0 Å². The van der Waals surface area contributed by atoms with Gasteiger partial charge in [0.25, 0.3) is 0 Å². The molecule has 0 saturated carbocycles. The Morgan fingerprint density at radius 2 is 2.00 bits per heavy atom. The van der Waals surface area contributed by atoms with Gasteiger partial charge in [-0.05, 0) is 31.4 Å². The van der Waals surface area contributed by atoms with E-state index in [2.05, 4.69) is 9.88 Å². The van der Waals surface area contributed by atoms with E-state index >= 15 is 0 Å². The number of piperidine rings is 1. The Labute approximate surface area is 83.8 Å². The van der Waals surface area contributed by atoms with E-state index in [1.54, 1.807) is 6.20 Å². The molecule has 3 heteroatoms. The number of anilines is 1. The van der Waals surface area contributed by atoms with Crippen molar-refractivity contribution in [2.45, 2.75) is 19.3 Å². The third-order valence-corrected chi connectivity index (χ3v) is 2.59. The molecule has 0 atom stereocenters. The molecule has 0 aromatic carbocycles. The van der Waals surface area contributed by atoms with Crippen LogP contribution < -0.4 is 4.90 Å². The summed E-state index contributed by atoms with van der Waals surface area (Å²) in [6, 6.07) is 3.75. The zero-order valence-electron chi connectivity index (χ0n) is 8.15. The second-order valence-corrected chi connectivity index (χ2v) is 3.62. The first-order chi connectivity index (χ1) is 6.90. The van der Waals surface area contributed by atoms with Crippen LogP contribution in [0.5, 0.6) is 0 Å². The summed E-state index contributed by atoms with van der Waals surface area (Å²) >= 11 is 0. The van der Waals surface area contributed by atoms with E-state index in [0.717, 1.165) is 25.2 Å². The van der Waals surface area contributed by atoms with E-state index in [-0.39, 0.29) is 0 Å². The van der Waals surface area contributed by atoms with E-state index < -0.39 is 0 Å². The third-order valence-electron chi connectivity index (χ3n) is 2.59. The van der Waals surface area contributed by atoms with Crippen molar-refractivity contribution in [2.24, 2.45) is 0 Å². The summed E-state index contributed by atoms with van der Waals surface area (Å²) in [6.45, 7) is 2.18. The molecule has 0 spiro atoms. The molecule has 0 aliphatic carbocycles. The van der Waals surface area contributed by atoms with Gasteiger partial charge in [-0.15, -0.1) is 0 Å². The van der Waals surface area contributed by atoms with Crippen LogP contribution in [-0.2, 0) is 0 Å². The molecule has 0 unspecified atom stereocenters. The zero-order valence-corrected chi connectivity index (χ0v) is 8.15. The van der Waals surface area contributed by atoms with Gasteiger partial charge in [0.1, 0.15) is 5.82 Å². The highest BCUT2D eigenvalue weighted by molar-refractivity contribution is 5.74. The van der Waals surface area contributed by atoms with Gasteiger partial charge in [0.05, 0.1) is 0 Å². The van der Waals surface area contributed by atoms with Gasteiger partial charge < -0.3 is 4.90 Å². The first-order valence-electron chi connectivity index (χ1n) is 5.06. The molecule has 2 rings (SSSR count). The summed E-state index contributed by atoms with van der Waals surface area (Å²) in [5, 5.41) is 0. The minimum atomic E-state index is 0.644. The number of pyridine rings is 1. The fraction of sp³-hybridized carbons (Fsp3) is 0.455. The predicted molar refractivity (Wildman–Crippen MR) is 55.7 cm³/mol. The summed E-state index contributed by atoms with van der Waals surface area (Å²) in [7, 11) is 0.